The van der Waals surface area contributed by atoms with Crippen molar-refractivity contribution >= 4 is 45.3 Å². The molecule has 0 spiro atoms. The smallest absolute Gasteiger partial charge is 0.249 e. The van der Waals surface area contributed by atoms with E-state index in [1.54, 1.807) is 13.1 Å². The lowest BCUT2D eigenvalue weighted by Crippen LogP contribution is -2.29. The van der Waals surface area contributed by atoms with E-state index in [-0.39, 0.29) is 18.2 Å². The van der Waals surface area contributed by atoms with Crippen molar-refractivity contribution in [2.24, 2.45) is 16.1 Å². The summed E-state index contributed by atoms with van der Waals surface area (Å²) in [7, 11) is 0. The number of amides is 2. The normalized spacial score (nSPS) is 16.7. The van der Waals surface area contributed by atoms with Crippen LogP contribution >= 0.6 is 0 Å². The monoisotopic (exact) mass is 358 g/mol. The van der Waals surface area contributed by atoms with Gasteiger partial charge in [-0.1, -0.05) is 48.5 Å². The maximum Gasteiger partial charge on any atom is 0.249 e. The zero-order valence-corrected chi connectivity index (χ0v) is 14.8. The number of fused-ring (bicyclic) bond motifs is 2. The highest BCUT2D eigenvalue weighted by molar-refractivity contribution is 6.13. The summed E-state index contributed by atoms with van der Waals surface area (Å²) in [6.45, 7) is 1.72. The van der Waals surface area contributed by atoms with E-state index in [0.29, 0.717) is 5.71 Å². The predicted octanol–water partition coefficient (Wildman–Crippen LogP) is 2.96. The Bertz CT molecular complexity index is 1060. The number of hydrogen-bond donors (Lipinski definition) is 2. The van der Waals surface area contributed by atoms with Gasteiger partial charge in [-0.05, 0) is 34.5 Å². The summed E-state index contributed by atoms with van der Waals surface area (Å²) in [4.78, 5) is 23.8. The lowest BCUT2D eigenvalue weighted by molar-refractivity contribution is -0.127. The quantitative estimate of drug-likeness (QED) is 0.427. The van der Waals surface area contributed by atoms with Gasteiger partial charge in [0.05, 0.1) is 12.1 Å². The fourth-order valence-electron chi connectivity index (χ4n) is 3.32. The molecular formula is C21H18N4O2. The number of nitrogens with one attached hydrogen (secondary N) is 2. The molecule has 1 unspecified atom stereocenters. The SMILES string of the molecule is CC1=NNC(=O)C1CC(=O)NN=Cc1c2ccccc2cc2ccccc12. The summed E-state index contributed by atoms with van der Waals surface area (Å²) in [5.74, 6) is -1.11. The molecule has 1 aliphatic heterocycles. The second-order valence-electron chi connectivity index (χ2n) is 6.51. The molecule has 0 radical (unpaired) electrons. The van der Waals surface area contributed by atoms with Gasteiger partial charge in [0.25, 0.3) is 0 Å². The van der Waals surface area contributed by atoms with Gasteiger partial charge in [0.15, 0.2) is 0 Å². The molecule has 3 aromatic carbocycles. The zero-order chi connectivity index (χ0) is 18.8. The third-order valence-corrected chi connectivity index (χ3v) is 4.75. The molecule has 0 bridgehead atoms. The first-order valence-electron chi connectivity index (χ1n) is 8.70. The standard InChI is InChI=1S/C21H18N4O2/c1-13-18(21(27)25-23-13)11-20(26)24-22-12-19-16-8-4-2-6-14(16)10-15-7-3-5-9-17(15)19/h2-10,12,18H,11H2,1H3,(H,24,26)(H,25,27). The van der Waals surface area contributed by atoms with E-state index in [1.807, 2.05) is 36.4 Å². The van der Waals surface area contributed by atoms with Crippen LogP contribution in [0, 0.1) is 5.92 Å². The Kier molecular flexibility index (Phi) is 4.38. The van der Waals surface area contributed by atoms with E-state index in [2.05, 4.69) is 39.3 Å². The number of nitrogens with zero attached hydrogens (tertiary/aromatic N) is 2. The van der Waals surface area contributed by atoms with Crippen LogP contribution in [0.15, 0.2) is 64.8 Å². The predicted molar refractivity (Wildman–Crippen MR) is 107 cm³/mol. The maximum absolute atomic E-state index is 12.1. The number of hydrogen-bond acceptors (Lipinski definition) is 4. The van der Waals surface area contributed by atoms with Crippen LogP contribution in [0.3, 0.4) is 0 Å². The Morgan fingerprint density at radius 2 is 1.78 bits per heavy atom. The fraction of sp³-hybridized carbons (Fsp3) is 0.143. The molecule has 6 heteroatoms. The van der Waals surface area contributed by atoms with Gasteiger partial charge in [-0.2, -0.15) is 10.2 Å². The molecule has 2 N–H and O–H groups in total. The first-order chi connectivity index (χ1) is 13.1. The molecule has 1 heterocycles. The van der Waals surface area contributed by atoms with Crippen LogP contribution in [0.2, 0.25) is 0 Å². The number of hydrazone groups is 2. The van der Waals surface area contributed by atoms with Crippen molar-refractivity contribution in [1.29, 1.82) is 0 Å². The molecule has 1 atom stereocenters. The Labute approximate surface area is 155 Å². The van der Waals surface area contributed by atoms with Gasteiger partial charge in [-0.25, -0.2) is 10.9 Å². The van der Waals surface area contributed by atoms with Gasteiger partial charge in [-0.3, -0.25) is 9.59 Å². The molecule has 1 aliphatic rings. The first-order valence-corrected chi connectivity index (χ1v) is 8.70. The van der Waals surface area contributed by atoms with E-state index in [9.17, 15) is 9.59 Å². The summed E-state index contributed by atoms with van der Waals surface area (Å²) in [5.41, 5.74) is 6.46. The third-order valence-electron chi connectivity index (χ3n) is 4.75. The number of carbonyl (C=O) groups excluding carboxylic acids is 2. The summed E-state index contributed by atoms with van der Waals surface area (Å²) in [5, 5.41) is 12.3. The van der Waals surface area contributed by atoms with Gasteiger partial charge >= 0.3 is 0 Å². The highest BCUT2D eigenvalue weighted by Gasteiger charge is 2.28. The Hall–Kier alpha value is -3.54. The van der Waals surface area contributed by atoms with Crippen LogP contribution in [0.5, 0.6) is 0 Å². The van der Waals surface area contributed by atoms with Crippen molar-refractivity contribution in [1.82, 2.24) is 10.9 Å². The summed E-state index contributed by atoms with van der Waals surface area (Å²) < 4.78 is 0. The van der Waals surface area contributed by atoms with Crippen molar-refractivity contribution in [3.05, 3.63) is 60.2 Å². The van der Waals surface area contributed by atoms with Crippen LogP contribution < -0.4 is 10.9 Å². The molecule has 4 rings (SSSR count). The molecule has 2 amide bonds. The largest absolute Gasteiger partial charge is 0.273 e. The second kappa shape index (κ2) is 6.99. The molecular weight excluding hydrogens is 340 g/mol. The Balaban J connectivity index is 1.59. The van der Waals surface area contributed by atoms with Crippen molar-refractivity contribution < 1.29 is 9.59 Å². The van der Waals surface area contributed by atoms with Crippen molar-refractivity contribution in [3.63, 3.8) is 0 Å². The fourth-order valence-corrected chi connectivity index (χ4v) is 3.32. The Morgan fingerprint density at radius 1 is 1.15 bits per heavy atom. The van der Waals surface area contributed by atoms with Crippen LogP contribution in [-0.4, -0.2) is 23.7 Å². The minimum atomic E-state index is -0.529. The first kappa shape index (κ1) is 16.9. The minimum absolute atomic E-state index is 0.0226. The van der Waals surface area contributed by atoms with Gasteiger partial charge < -0.3 is 0 Å². The van der Waals surface area contributed by atoms with Crippen LogP contribution in [0.1, 0.15) is 18.9 Å². The lowest BCUT2D eigenvalue weighted by atomic mass is 9.97. The van der Waals surface area contributed by atoms with Gasteiger partial charge in [0, 0.05) is 17.7 Å². The minimum Gasteiger partial charge on any atom is -0.273 e. The average molecular weight is 358 g/mol. The van der Waals surface area contributed by atoms with Crippen molar-refractivity contribution in [2.45, 2.75) is 13.3 Å². The average Bonchev–Trinajstić information content (AvgIpc) is 2.99. The number of rotatable bonds is 4. The molecule has 0 aromatic heterocycles. The van der Waals surface area contributed by atoms with E-state index < -0.39 is 5.92 Å². The molecule has 0 saturated carbocycles. The summed E-state index contributed by atoms with van der Waals surface area (Å²) in [6, 6.07) is 18.3. The summed E-state index contributed by atoms with van der Waals surface area (Å²) >= 11 is 0. The van der Waals surface area contributed by atoms with E-state index in [1.165, 1.54) is 0 Å². The molecule has 0 saturated heterocycles. The van der Waals surface area contributed by atoms with E-state index in [0.717, 1.165) is 27.1 Å². The van der Waals surface area contributed by atoms with Gasteiger partial charge in [0.1, 0.15) is 0 Å². The topological polar surface area (TPSA) is 82.9 Å². The number of benzene rings is 3. The van der Waals surface area contributed by atoms with Crippen molar-refractivity contribution in [3.8, 4) is 0 Å². The molecule has 0 fully saturated rings. The molecule has 134 valence electrons. The van der Waals surface area contributed by atoms with Crippen LogP contribution in [-0.2, 0) is 9.59 Å². The van der Waals surface area contributed by atoms with Crippen molar-refractivity contribution in [2.75, 3.05) is 0 Å². The van der Waals surface area contributed by atoms with Crippen LogP contribution in [0.25, 0.3) is 21.5 Å². The Morgan fingerprint density at radius 3 is 2.37 bits per heavy atom. The summed E-state index contributed by atoms with van der Waals surface area (Å²) in [6.07, 6.45) is 1.69. The molecule has 27 heavy (non-hydrogen) atoms. The number of carbonyl (C=O) groups is 2. The molecule has 3 aromatic rings. The lowest BCUT2D eigenvalue weighted by Gasteiger charge is -2.08. The molecule has 0 aliphatic carbocycles. The van der Waals surface area contributed by atoms with Gasteiger partial charge in [0.2, 0.25) is 11.8 Å². The van der Waals surface area contributed by atoms with Gasteiger partial charge in [-0.15, -0.1) is 0 Å². The molecule has 6 nitrogen and oxygen atoms in total. The zero-order valence-electron chi connectivity index (χ0n) is 14.8. The highest BCUT2D eigenvalue weighted by atomic mass is 16.2. The second-order valence-corrected chi connectivity index (χ2v) is 6.51. The van der Waals surface area contributed by atoms with Crippen LogP contribution in [0.4, 0.5) is 0 Å². The van der Waals surface area contributed by atoms with E-state index >= 15 is 0 Å². The highest BCUT2D eigenvalue weighted by Crippen LogP contribution is 2.27. The maximum atomic E-state index is 12.1. The van der Waals surface area contributed by atoms with E-state index in [4.69, 9.17) is 0 Å². The third kappa shape index (κ3) is 3.29.